The van der Waals surface area contributed by atoms with Crippen molar-refractivity contribution in [2.75, 3.05) is 0 Å². The van der Waals surface area contributed by atoms with E-state index in [-0.39, 0.29) is 5.78 Å². The van der Waals surface area contributed by atoms with Gasteiger partial charge in [-0.3, -0.25) is 4.79 Å². The first-order valence-corrected chi connectivity index (χ1v) is 4.80. The van der Waals surface area contributed by atoms with Crippen LogP contribution in [0.4, 0.5) is 0 Å². The quantitative estimate of drug-likeness (QED) is 0.572. The van der Waals surface area contributed by atoms with Crippen molar-refractivity contribution < 1.29 is 9.59 Å². The van der Waals surface area contributed by atoms with E-state index in [0.717, 1.165) is 5.56 Å². The molecule has 0 N–H and O–H groups in total. The van der Waals surface area contributed by atoms with Crippen LogP contribution in [0.3, 0.4) is 0 Å². The summed E-state index contributed by atoms with van der Waals surface area (Å²) in [5, 5.41) is -0.450. The summed E-state index contributed by atoms with van der Waals surface area (Å²) >= 11 is 5.10. The topological polar surface area (TPSA) is 34.1 Å². The van der Waals surface area contributed by atoms with E-state index in [1.165, 1.54) is 19.9 Å². The van der Waals surface area contributed by atoms with Crippen LogP contribution < -0.4 is 0 Å². The number of carbonyl (C=O) groups excluding carboxylic acids is 2. The Hall–Kier alpha value is -1.41. The average molecular weight is 225 g/mol. The van der Waals surface area contributed by atoms with Gasteiger partial charge in [0, 0.05) is 0 Å². The molecule has 1 aromatic rings. The third-order valence-corrected chi connectivity index (χ3v) is 1.33. The Kier molecular flexibility index (Phi) is 7.20. The minimum Gasteiger partial charge on any atom is -0.300 e. The van der Waals surface area contributed by atoms with Gasteiger partial charge in [0.25, 0.3) is 0 Å². The van der Waals surface area contributed by atoms with Crippen LogP contribution in [0.5, 0.6) is 0 Å². The molecule has 0 aliphatic carbocycles. The smallest absolute Gasteiger partial charge is 0.245 e. The Balaban J connectivity index is 0.000000423. The highest BCUT2D eigenvalue weighted by molar-refractivity contribution is 6.66. The number of benzene rings is 1. The zero-order chi connectivity index (χ0) is 11.7. The van der Waals surface area contributed by atoms with Gasteiger partial charge in [-0.1, -0.05) is 36.4 Å². The summed E-state index contributed by atoms with van der Waals surface area (Å²) in [4.78, 5) is 19.7. The molecule has 0 spiro atoms. The maximum Gasteiger partial charge on any atom is 0.245 e. The second-order valence-electron chi connectivity index (χ2n) is 2.96. The van der Waals surface area contributed by atoms with E-state index in [0.29, 0.717) is 0 Å². The van der Waals surface area contributed by atoms with Gasteiger partial charge < -0.3 is 4.79 Å². The van der Waals surface area contributed by atoms with Crippen molar-refractivity contribution >= 4 is 28.7 Å². The molecule has 3 heteroatoms. The SMILES string of the molecule is CC(C)=O.O=C(Cl)C=Cc1ccccc1. The first-order valence-electron chi connectivity index (χ1n) is 4.42. The number of ketones is 1. The lowest BCUT2D eigenvalue weighted by molar-refractivity contribution is -0.115. The molecular formula is C12H13ClO2. The second kappa shape index (κ2) is 7.94. The molecular weight excluding hydrogens is 212 g/mol. The lowest BCUT2D eigenvalue weighted by Crippen LogP contribution is -1.75. The van der Waals surface area contributed by atoms with E-state index >= 15 is 0 Å². The largest absolute Gasteiger partial charge is 0.300 e. The highest BCUT2D eigenvalue weighted by atomic mass is 35.5. The number of halogens is 1. The molecule has 0 fully saturated rings. The maximum absolute atomic E-state index is 10.3. The van der Waals surface area contributed by atoms with Gasteiger partial charge in [-0.15, -0.1) is 0 Å². The van der Waals surface area contributed by atoms with Crippen LogP contribution in [-0.2, 0) is 9.59 Å². The first kappa shape index (κ1) is 13.6. The van der Waals surface area contributed by atoms with Gasteiger partial charge in [0.15, 0.2) is 0 Å². The van der Waals surface area contributed by atoms with Crippen LogP contribution in [0.2, 0.25) is 0 Å². The highest BCUT2D eigenvalue weighted by Gasteiger charge is 1.85. The van der Waals surface area contributed by atoms with Gasteiger partial charge in [0.05, 0.1) is 0 Å². The highest BCUT2D eigenvalue weighted by Crippen LogP contribution is 2.01. The third kappa shape index (κ3) is 10.5. The Morgan fingerprint density at radius 2 is 1.60 bits per heavy atom. The molecule has 0 aliphatic heterocycles. The number of hydrogen-bond donors (Lipinski definition) is 0. The molecule has 0 aliphatic rings. The lowest BCUT2D eigenvalue weighted by Gasteiger charge is -1.87. The standard InChI is InChI=1S/C9H7ClO.C3H6O/c10-9(11)7-6-8-4-2-1-3-5-8;1-3(2)4/h1-7H;1-2H3. The van der Waals surface area contributed by atoms with E-state index in [1.54, 1.807) is 6.08 Å². The van der Waals surface area contributed by atoms with Crippen LogP contribution in [0.25, 0.3) is 6.08 Å². The summed E-state index contributed by atoms with van der Waals surface area (Å²) in [6, 6.07) is 9.52. The maximum atomic E-state index is 10.3. The Morgan fingerprint density at radius 1 is 1.13 bits per heavy atom. The van der Waals surface area contributed by atoms with E-state index in [1.807, 2.05) is 30.3 Å². The first-order chi connectivity index (χ1) is 7.02. The monoisotopic (exact) mass is 224 g/mol. The van der Waals surface area contributed by atoms with Crippen LogP contribution in [0, 0.1) is 0 Å². The van der Waals surface area contributed by atoms with Gasteiger partial charge in [-0.25, -0.2) is 0 Å². The molecule has 0 atom stereocenters. The van der Waals surface area contributed by atoms with Crippen molar-refractivity contribution in [1.82, 2.24) is 0 Å². The molecule has 2 nitrogen and oxygen atoms in total. The van der Waals surface area contributed by atoms with E-state index in [2.05, 4.69) is 0 Å². The minimum atomic E-state index is -0.450. The Bertz CT molecular complexity index is 338. The number of carbonyl (C=O) groups is 2. The number of allylic oxidation sites excluding steroid dienone is 1. The van der Waals surface area contributed by atoms with Crippen molar-refractivity contribution in [1.29, 1.82) is 0 Å². The zero-order valence-corrected chi connectivity index (χ0v) is 9.49. The molecule has 1 aromatic carbocycles. The predicted octanol–water partition coefficient (Wildman–Crippen LogP) is 3.06. The fraction of sp³-hybridized carbons (Fsp3) is 0.167. The minimum absolute atomic E-state index is 0.167. The van der Waals surface area contributed by atoms with Gasteiger partial charge in [0.1, 0.15) is 5.78 Å². The van der Waals surface area contributed by atoms with Crippen molar-refractivity contribution in [3.8, 4) is 0 Å². The fourth-order valence-electron chi connectivity index (χ4n) is 0.726. The summed E-state index contributed by atoms with van der Waals surface area (Å²) in [7, 11) is 0. The molecule has 0 unspecified atom stereocenters. The number of Topliss-reactive ketones (excluding diaryl/α,β-unsaturated/α-hetero) is 1. The summed E-state index contributed by atoms with van der Waals surface area (Å²) < 4.78 is 0. The molecule has 0 bridgehead atoms. The van der Waals surface area contributed by atoms with E-state index < -0.39 is 5.24 Å². The number of hydrogen-bond acceptors (Lipinski definition) is 2. The summed E-state index contributed by atoms with van der Waals surface area (Å²) in [5.41, 5.74) is 0.974. The molecule has 15 heavy (non-hydrogen) atoms. The van der Waals surface area contributed by atoms with E-state index in [9.17, 15) is 9.59 Å². The van der Waals surface area contributed by atoms with Crippen LogP contribution in [0.1, 0.15) is 19.4 Å². The fourth-order valence-corrected chi connectivity index (χ4v) is 0.789. The van der Waals surface area contributed by atoms with Gasteiger partial charge in [0.2, 0.25) is 5.24 Å². The summed E-state index contributed by atoms with van der Waals surface area (Å²) in [6.07, 6.45) is 3.01. The van der Waals surface area contributed by atoms with Gasteiger partial charge in [-0.05, 0) is 37.1 Å². The molecule has 1 rings (SSSR count). The van der Waals surface area contributed by atoms with Crippen molar-refractivity contribution in [3.63, 3.8) is 0 Å². The Morgan fingerprint density at radius 3 is 2.00 bits per heavy atom. The Labute approximate surface area is 94.6 Å². The average Bonchev–Trinajstić information content (AvgIpc) is 2.15. The van der Waals surface area contributed by atoms with Crippen molar-refractivity contribution in [2.24, 2.45) is 0 Å². The van der Waals surface area contributed by atoms with Gasteiger partial charge >= 0.3 is 0 Å². The molecule has 0 radical (unpaired) electrons. The van der Waals surface area contributed by atoms with Crippen LogP contribution in [-0.4, -0.2) is 11.0 Å². The second-order valence-corrected chi connectivity index (χ2v) is 3.33. The molecule has 80 valence electrons. The molecule has 0 saturated heterocycles. The normalized spacial score (nSPS) is 9.27. The van der Waals surface area contributed by atoms with Crippen LogP contribution >= 0.6 is 11.6 Å². The third-order valence-electron chi connectivity index (χ3n) is 1.21. The number of rotatable bonds is 2. The molecule has 0 aromatic heterocycles. The van der Waals surface area contributed by atoms with Crippen molar-refractivity contribution in [3.05, 3.63) is 42.0 Å². The van der Waals surface area contributed by atoms with Crippen molar-refractivity contribution in [2.45, 2.75) is 13.8 Å². The zero-order valence-electron chi connectivity index (χ0n) is 8.74. The van der Waals surface area contributed by atoms with Gasteiger partial charge in [-0.2, -0.15) is 0 Å². The van der Waals surface area contributed by atoms with Crippen LogP contribution in [0.15, 0.2) is 36.4 Å². The molecule has 0 amide bonds. The summed E-state index contributed by atoms with van der Waals surface area (Å²) in [6.45, 7) is 3.06. The van der Waals surface area contributed by atoms with E-state index in [4.69, 9.17) is 11.6 Å². The lowest BCUT2D eigenvalue weighted by atomic mass is 10.2. The molecule has 0 saturated carbocycles. The molecule has 0 heterocycles. The summed E-state index contributed by atoms with van der Waals surface area (Å²) in [5.74, 6) is 0.167. The predicted molar refractivity (Wildman–Crippen MR) is 62.7 cm³/mol.